The van der Waals surface area contributed by atoms with Crippen molar-refractivity contribution < 1.29 is 24.2 Å². The molecule has 0 amide bonds. The minimum Gasteiger partial charge on any atom is -0.489 e. The molecule has 5 nitrogen and oxygen atoms in total. The standard InChI is InChI=1S/C35H30O5/c1-34(33(37)38,29-17-9-4-10-18-29)40-35(23-21-27(22-24-35)26-13-5-2-6-14-26)25-39-31-20-12-11-19-30(31)32(36)28-15-7-3-8-16-28/h2-24,27H,25H2,1H3,(H,37,38). The number of ketones is 1. The highest BCUT2D eigenvalue weighted by Gasteiger charge is 2.45. The largest absolute Gasteiger partial charge is 0.489 e. The van der Waals surface area contributed by atoms with Gasteiger partial charge in [-0.05, 0) is 42.3 Å². The first-order chi connectivity index (χ1) is 19.4. The van der Waals surface area contributed by atoms with Gasteiger partial charge >= 0.3 is 5.97 Å². The van der Waals surface area contributed by atoms with Crippen LogP contribution in [0.4, 0.5) is 0 Å². The number of benzene rings is 4. The number of carbonyl (C=O) groups is 2. The lowest BCUT2D eigenvalue weighted by molar-refractivity contribution is -0.180. The van der Waals surface area contributed by atoms with E-state index in [1.165, 1.54) is 0 Å². The quantitative estimate of drug-likeness (QED) is 0.177. The van der Waals surface area contributed by atoms with E-state index in [2.05, 4.69) is 0 Å². The van der Waals surface area contributed by atoms with Crippen LogP contribution in [0.5, 0.6) is 5.75 Å². The fourth-order valence-electron chi connectivity index (χ4n) is 4.82. The van der Waals surface area contributed by atoms with E-state index in [1.54, 1.807) is 67.6 Å². The SMILES string of the molecule is CC(OC1(COc2ccccc2C(=O)c2ccccc2)C=CC(c2ccccc2)C=C1)(C(=O)O)c1ccccc1. The van der Waals surface area contributed by atoms with Crippen LogP contribution in [0.2, 0.25) is 0 Å². The van der Waals surface area contributed by atoms with E-state index in [0.717, 1.165) is 5.56 Å². The molecule has 1 atom stereocenters. The molecule has 1 aliphatic carbocycles. The first-order valence-electron chi connectivity index (χ1n) is 13.1. The molecule has 0 saturated heterocycles. The zero-order valence-electron chi connectivity index (χ0n) is 22.1. The number of carbonyl (C=O) groups excluding carboxylic acids is 1. The molecule has 0 aliphatic heterocycles. The number of allylic oxidation sites excluding steroid dienone is 2. The summed E-state index contributed by atoms with van der Waals surface area (Å²) in [6.07, 6.45) is 7.70. The first-order valence-corrected chi connectivity index (χ1v) is 13.1. The lowest BCUT2D eigenvalue weighted by atomic mass is 9.87. The van der Waals surface area contributed by atoms with Crippen molar-refractivity contribution in [3.8, 4) is 5.75 Å². The Labute approximate surface area is 234 Å². The van der Waals surface area contributed by atoms with Gasteiger partial charge in [-0.25, -0.2) is 4.79 Å². The lowest BCUT2D eigenvalue weighted by Crippen LogP contribution is -2.47. The minimum absolute atomic E-state index is 0.00215. The van der Waals surface area contributed by atoms with Gasteiger partial charge in [-0.3, -0.25) is 4.79 Å². The second-order valence-corrected chi connectivity index (χ2v) is 9.90. The van der Waals surface area contributed by atoms with Crippen LogP contribution in [0.3, 0.4) is 0 Å². The number of carboxylic acids is 1. The van der Waals surface area contributed by atoms with Crippen LogP contribution in [-0.4, -0.2) is 29.1 Å². The molecule has 4 aromatic carbocycles. The zero-order valence-corrected chi connectivity index (χ0v) is 22.1. The van der Waals surface area contributed by atoms with Crippen LogP contribution in [0.25, 0.3) is 0 Å². The van der Waals surface area contributed by atoms with Crippen LogP contribution in [0, 0.1) is 0 Å². The molecule has 0 fully saturated rings. The second-order valence-electron chi connectivity index (χ2n) is 9.90. The summed E-state index contributed by atoms with van der Waals surface area (Å²) in [7, 11) is 0. The van der Waals surface area contributed by atoms with Crippen molar-refractivity contribution >= 4 is 11.8 Å². The third-order valence-corrected chi connectivity index (χ3v) is 7.10. The van der Waals surface area contributed by atoms with Crippen molar-refractivity contribution in [2.24, 2.45) is 0 Å². The van der Waals surface area contributed by atoms with E-state index in [4.69, 9.17) is 9.47 Å². The molecule has 0 spiro atoms. The molecule has 5 heteroatoms. The van der Waals surface area contributed by atoms with Crippen LogP contribution in [0.15, 0.2) is 140 Å². The van der Waals surface area contributed by atoms with Gasteiger partial charge in [0.05, 0.1) is 5.56 Å². The Morgan fingerprint density at radius 3 is 1.95 bits per heavy atom. The molecule has 200 valence electrons. The maximum absolute atomic E-state index is 13.3. The number of ether oxygens (including phenoxy) is 2. The van der Waals surface area contributed by atoms with Crippen LogP contribution >= 0.6 is 0 Å². The van der Waals surface area contributed by atoms with Crippen LogP contribution in [0.1, 0.15) is 39.9 Å². The average molecular weight is 531 g/mol. The van der Waals surface area contributed by atoms with Gasteiger partial charge in [0, 0.05) is 11.5 Å². The highest BCUT2D eigenvalue weighted by molar-refractivity contribution is 6.10. The van der Waals surface area contributed by atoms with Crippen molar-refractivity contribution in [1.82, 2.24) is 0 Å². The minimum atomic E-state index is -1.67. The summed E-state index contributed by atoms with van der Waals surface area (Å²) in [5, 5.41) is 10.3. The molecule has 0 aromatic heterocycles. The van der Waals surface area contributed by atoms with Gasteiger partial charge in [0.1, 0.15) is 18.0 Å². The zero-order chi connectivity index (χ0) is 28.0. The van der Waals surface area contributed by atoms with Gasteiger partial charge in [0.15, 0.2) is 11.4 Å². The van der Waals surface area contributed by atoms with E-state index in [1.807, 2.05) is 78.9 Å². The van der Waals surface area contributed by atoms with Gasteiger partial charge in [-0.2, -0.15) is 0 Å². The fourth-order valence-corrected chi connectivity index (χ4v) is 4.82. The van der Waals surface area contributed by atoms with Crippen LogP contribution < -0.4 is 4.74 Å². The molecule has 0 heterocycles. The van der Waals surface area contributed by atoms with Gasteiger partial charge in [-0.1, -0.05) is 115 Å². The van der Waals surface area contributed by atoms with E-state index in [9.17, 15) is 14.7 Å². The van der Waals surface area contributed by atoms with Crippen molar-refractivity contribution in [2.75, 3.05) is 6.61 Å². The number of carboxylic acid groups (broad SMARTS) is 1. The van der Waals surface area contributed by atoms with Crippen molar-refractivity contribution in [3.05, 3.63) is 162 Å². The highest BCUT2D eigenvalue weighted by atomic mass is 16.6. The number of rotatable bonds is 10. The van der Waals surface area contributed by atoms with Gasteiger partial charge in [0.25, 0.3) is 0 Å². The summed E-state index contributed by atoms with van der Waals surface area (Å²) in [5.74, 6) is -0.893. The van der Waals surface area contributed by atoms with Crippen molar-refractivity contribution in [1.29, 1.82) is 0 Å². The van der Waals surface area contributed by atoms with Gasteiger partial charge in [-0.15, -0.1) is 0 Å². The average Bonchev–Trinajstić information content (AvgIpc) is 3.01. The Morgan fingerprint density at radius 1 is 0.775 bits per heavy atom. The Hall–Kier alpha value is -4.74. The van der Waals surface area contributed by atoms with E-state index in [-0.39, 0.29) is 18.3 Å². The topological polar surface area (TPSA) is 72.8 Å². The second kappa shape index (κ2) is 11.6. The molecular weight excluding hydrogens is 500 g/mol. The molecule has 40 heavy (non-hydrogen) atoms. The van der Waals surface area contributed by atoms with Gasteiger partial charge in [0.2, 0.25) is 0 Å². The summed E-state index contributed by atoms with van der Waals surface area (Å²) >= 11 is 0. The third kappa shape index (κ3) is 5.65. The van der Waals surface area contributed by atoms with E-state index >= 15 is 0 Å². The summed E-state index contributed by atoms with van der Waals surface area (Å²) in [4.78, 5) is 25.9. The summed E-state index contributed by atoms with van der Waals surface area (Å²) in [6, 6.07) is 34.9. The highest BCUT2D eigenvalue weighted by Crippen LogP contribution is 2.37. The Bertz CT molecular complexity index is 1510. The predicted molar refractivity (Wildman–Crippen MR) is 155 cm³/mol. The fraction of sp³-hybridized carbons (Fsp3) is 0.143. The molecule has 0 bridgehead atoms. The third-order valence-electron chi connectivity index (χ3n) is 7.10. The first kappa shape index (κ1) is 26.9. The van der Waals surface area contributed by atoms with E-state index in [0.29, 0.717) is 22.4 Å². The molecule has 1 N–H and O–H groups in total. The Morgan fingerprint density at radius 2 is 1.32 bits per heavy atom. The smallest absolute Gasteiger partial charge is 0.340 e. The monoisotopic (exact) mass is 530 g/mol. The normalized spacial score (nSPS) is 19.5. The summed E-state index contributed by atoms with van der Waals surface area (Å²) in [6.45, 7) is 1.50. The van der Waals surface area contributed by atoms with Crippen molar-refractivity contribution in [3.63, 3.8) is 0 Å². The molecular formula is C35H30O5. The molecule has 0 saturated carbocycles. The van der Waals surface area contributed by atoms with Crippen molar-refractivity contribution in [2.45, 2.75) is 24.0 Å². The van der Waals surface area contributed by atoms with E-state index < -0.39 is 17.2 Å². The summed E-state index contributed by atoms with van der Waals surface area (Å²) < 4.78 is 12.8. The number of hydrogen-bond acceptors (Lipinski definition) is 4. The number of aliphatic carboxylic acids is 1. The van der Waals surface area contributed by atoms with Gasteiger partial charge < -0.3 is 14.6 Å². The Kier molecular flexibility index (Phi) is 7.76. The molecule has 1 unspecified atom stereocenters. The maximum Gasteiger partial charge on any atom is 0.340 e. The lowest BCUT2D eigenvalue weighted by Gasteiger charge is -2.38. The number of para-hydroxylation sites is 1. The maximum atomic E-state index is 13.3. The predicted octanol–water partition coefficient (Wildman–Crippen LogP) is 6.96. The summed E-state index contributed by atoms with van der Waals surface area (Å²) in [5.41, 5.74) is -0.315. The Balaban J connectivity index is 1.48. The molecule has 1 aliphatic rings. The van der Waals surface area contributed by atoms with Crippen LogP contribution in [-0.2, 0) is 15.1 Å². The number of hydrogen-bond donors (Lipinski definition) is 1. The molecule has 5 rings (SSSR count). The molecule has 0 radical (unpaired) electrons. The molecule has 4 aromatic rings.